The molecule has 3 atom stereocenters. The average Bonchev–Trinajstić information content (AvgIpc) is 3.59. The summed E-state index contributed by atoms with van der Waals surface area (Å²) in [4.78, 5) is 15.5. The number of para-hydroxylation sites is 1. The van der Waals surface area contributed by atoms with E-state index in [1.807, 2.05) is 35.2 Å². The molecule has 2 heterocycles. The lowest BCUT2D eigenvalue weighted by Crippen LogP contribution is -2.49. The van der Waals surface area contributed by atoms with Crippen molar-refractivity contribution in [2.75, 3.05) is 40.0 Å². The highest BCUT2D eigenvalue weighted by Gasteiger charge is 2.47. The smallest absolute Gasteiger partial charge is 0.226 e. The molecule has 1 saturated heterocycles. The highest BCUT2D eigenvalue weighted by atomic mass is 35.5. The number of piperazine rings is 1. The van der Waals surface area contributed by atoms with Gasteiger partial charge in [0.2, 0.25) is 5.91 Å². The first-order valence-corrected chi connectivity index (χ1v) is 10.3. The predicted octanol–water partition coefficient (Wildman–Crippen LogP) is 3.16. The Kier molecular flexibility index (Phi) is 6.06. The van der Waals surface area contributed by atoms with Crippen LogP contribution in [0.2, 0.25) is 0 Å². The molecule has 3 unspecified atom stereocenters. The standard InChI is InChI=1S/C23H26N2O4.ClH/c1-27-20-5-3-2-4-16(20)19-14-24-8-9-25(19)23(26)18-13-17(18)15-6-7-21-22(12-15)29-11-10-28-21;/h2-7,12,17-19,24H,8-11,13-14H2,1H3;1H. The molecule has 0 spiro atoms. The van der Waals surface area contributed by atoms with Crippen molar-refractivity contribution in [1.82, 2.24) is 10.2 Å². The number of hydrogen-bond acceptors (Lipinski definition) is 5. The van der Waals surface area contributed by atoms with Crippen molar-refractivity contribution in [3.05, 3.63) is 53.6 Å². The van der Waals surface area contributed by atoms with Crippen molar-refractivity contribution < 1.29 is 19.0 Å². The minimum Gasteiger partial charge on any atom is -0.496 e. The minimum atomic E-state index is -0.00563. The third-order valence-electron chi connectivity index (χ3n) is 6.13. The maximum Gasteiger partial charge on any atom is 0.226 e. The molecule has 7 heteroatoms. The quantitative estimate of drug-likeness (QED) is 0.807. The van der Waals surface area contributed by atoms with Crippen LogP contribution in [0, 0.1) is 5.92 Å². The van der Waals surface area contributed by atoms with E-state index in [1.165, 1.54) is 0 Å². The fraction of sp³-hybridized carbons (Fsp3) is 0.435. The summed E-state index contributed by atoms with van der Waals surface area (Å²) < 4.78 is 16.9. The highest BCUT2D eigenvalue weighted by Crippen LogP contribution is 2.51. The van der Waals surface area contributed by atoms with Crippen LogP contribution < -0.4 is 19.5 Å². The first-order valence-electron chi connectivity index (χ1n) is 10.3. The van der Waals surface area contributed by atoms with Crippen molar-refractivity contribution in [3.8, 4) is 17.2 Å². The van der Waals surface area contributed by atoms with Gasteiger partial charge in [-0.15, -0.1) is 12.4 Å². The number of halogens is 1. The summed E-state index contributed by atoms with van der Waals surface area (Å²) in [6.45, 7) is 3.44. The summed E-state index contributed by atoms with van der Waals surface area (Å²) in [5, 5.41) is 3.43. The molecule has 30 heavy (non-hydrogen) atoms. The van der Waals surface area contributed by atoms with Crippen LogP contribution in [-0.4, -0.2) is 50.8 Å². The molecule has 5 rings (SSSR count). The normalized spacial score (nSPS) is 24.6. The topological polar surface area (TPSA) is 60.0 Å². The fourth-order valence-corrected chi connectivity index (χ4v) is 4.53. The molecular formula is C23H27ClN2O4. The lowest BCUT2D eigenvalue weighted by molar-refractivity contribution is -0.136. The maximum absolute atomic E-state index is 13.4. The van der Waals surface area contributed by atoms with Gasteiger partial charge < -0.3 is 24.4 Å². The van der Waals surface area contributed by atoms with Gasteiger partial charge in [0.25, 0.3) is 0 Å². The van der Waals surface area contributed by atoms with Crippen LogP contribution >= 0.6 is 12.4 Å². The zero-order valence-corrected chi connectivity index (χ0v) is 17.8. The molecule has 3 aliphatic rings. The highest BCUT2D eigenvalue weighted by molar-refractivity contribution is 5.85. The van der Waals surface area contributed by atoms with Gasteiger partial charge in [0.1, 0.15) is 19.0 Å². The molecule has 6 nitrogen and oxygen atoms in total. The second-order valence-corrected chi connectivity index (χ2v) is 7.85. The summed E-state index contributed by atoms with van der Waals surface area (Å²) in [5.41, 5.74) is 2.23. The Morgan fingerprint density at radius 3 is 2.77 bits per heavy atom. The third kappa shape index (κ3) is 3.82. The van der Waals surface area contributed by atoms with Crippen molar-refractivity contribution >= 4 is 18.3 Å². The Morgan fingerprint density at radius 1 is 1.13 bits per heavy atom. The van der Waals surface area contributed by atoms with Crippen LogP contribution in [0.25, 0.3) is 0 Å². The Balaban J connectivity index is 0.00000218. The number of ether oxygens (including phenoxy) is 3. The predicted molar refractivity (Wildman–Crippen MR) is 116 cm³/mol. The van der Waals surface area contributed by atoms with E-state index in [9.17, 15) is 4.79 Å². The monoisotopic (exact) mass is 430 g/mol. The van der Waals surface area contributed by atoms with Crippen molar-refractivity contribution in [2.24, 2.45) is 5.92 Å². The molecule has 1 N–H and O–H groups in total. The number of carbonyl (C=O) groups excluding carboxylic acids is 1. The number of nitrogens with one attached hydrogen (secondary N) is 1. The molecular weight excluding hydrogens is 404 g/mol. The second-order valence-electron chi connectivity index (χ2n) is 7.85. The van der Waals surface area contributed by atoms with Crippen molar-refractivity contribution in [3.63, 3.8) is 0 Å². The van der Waals surface area contributed by atoms with Gasteiger partial charge in [-0.1, -0.05) is 24.3 Å². The molecule has 0 aromatic heterocycles. The molecule has 2 aromatic carbocycles. The zero-order valence-electron chi connectivity index (χ0n) is 17.0. The second kappa shape index (κ2) is 8.74. The summed E-state index contributed by atoms with van der Waals surface area (Å²) in [5.74, 6) is 2.95. The molecule has 2 fully saturated rings. The van der Waals surface area contributed by atoms with E-state index in [0.29, 0.717) is 19.8 Å². The van der Waals surface area contributed by atoms with Crippen LogP contribution in [0.5, 0.6) is 17.2 Å². The van der Waals surface area contributed by atoms with Gasteiger partial charge in [0.15, 0.2) is 11.5 Å². The first-order chi connectivity index (χ1) is 14.3. The van der Waals surface area contributed by atoms with Crippen LogP contribution in [0.15, 0.2) is 42.5 Å². The summed E-state index contributed by atoms with van der Waals surface area (Å²) in [7, 11) is 1.68. The van der Waals surface area contributed by atoms with E-state index in [2.05, 4.69) is 17.4 Å². The summed E-state index contributed by atoms with van der Waals surface area (Å²) in [6, 6.07) is 14.1. The third-order valence-corrected chi connectivity index (χ3v) is 6.13. The zero-order chi connectivity index (χ0) is 19.8. The summed E-state index contributed by atoms with van der Waals surface area (Å²) >= 11 is 0. The van der Waals surface area contributed by atoms with Crippen molar-refractivity contribution in [2.45, 2.75) is 18.4 Å². The molecule has 1 saturated carbocycles. The Hall–Kier alpha value is -2.44. The van der Waals surface area contributed by atoms with Gasteiger partial charge in [-0.25, -0.2) is 0 Å². The van der Waals surface area contributed by atoms with E-state index in [0.717, 1.165) is 47.9 Å². The van der Waals surface area contributed by atoms with Crippen LogP contribution in [0.4, 0.5) is 0 Å². The number of methoxy groups -OCH3 is 1. The number of nitrogens with zero attached hydrogens (tertiary/aromatic N) is 1. The number of amides is 1. The number of hydrogen-bond donors (Lipinski definition) is 1. The van der Waals surface area contributed by atoms with Crippen molar-refractivity contribution in [1.29, 1.82) is 0 Å². The molecule has 2 aromatic rings. The van der Waals surface area contributed by atoms with Gasteiger partial charge in [0, 0.05) is 31.1 Å². The van der Waals surface area contributed by atoms with Gasteiger partial charge in [-0.2, -0.15) is 0 Å². The largest absolute Gasteiger partial charge is 0.496 e. The number of benzene rings is 2. The Labute approximate surface area is 182 Å². The lowest BCUT2D eigenvalue weighted by Gasteiger charge is -2.37. The number of carbonyl (C=O) groups is 1. The van der Waals surface area contributed by atoms with Gasteiger partial charge >= 0.3 is 0 Å². The van der Waals surface area contributed by atoms with Crippen LogP contribution in [0.3, 0.4) is 0 Å². The van der Waals surface area contributed by atoms with E-state index >= 15 is 0 Å². The molecule has 1 aliphatic carbocycles. The number of fused-ring (bicyclic) bond motifs is 1. The van der Waals surface area contributed by atoms with E-state index < -0.39 is 0 Å². The number of rotatable bonds is 4. The Morgan fingerprint density at radius 2 is 1.93 bits per heavy atom. The lowest BCUT2D eigenvalue weighted by atomic mass is 10.0. The summed E-state index contributed by atoms with van der Waals surface area (Å²) in [6.07, 6.45) is 0.890. The molecule has 2 aliphatic heterocycles. The van der Waals surface area contributed by atoms with Gasteiger partial charge in [-0.3, -0.25) is 4.79 Å². The molecule has 1 amide bonds. The first kappa shape index (κ1) is 20.8. The van der Waals surface area contributed by atoms with E-state index in [4.69, 9.17) is 14.2 Å². The minimum absolute atomic E-state index is 0. The van der Waals surface area contributed by atoms with Gasteiger partial charge in [-0.05, 0) is 36.1 Å². The average molecular weight is 431 g/mol. The van der Waals surface area contributed by atoms with E-state index in [1.54, 1.807) is 7.11 Å². The SMILES string of the molecule is COc1ccccc1C1CNCCN1C(=O)C1CC1c1ccc2c(c1)OCCO2.Cl. The molecule has 0 bridgehead atoms. The van der Waals surface area contributed by atoms with Crippen LogP contribution in [-0.2, 0) is 4.79 Å². The fourth-order valence-electron chi connectivity index (χ4n) is 4.53. The molecule has 160 valence electrons. The molecule has 0 radical (unpaired) electrons. The maximum atomic E-state index is 13.4. The van der Waals surface area contributed by atoms with Gasteiger partial charge in [0.05, 0.1) is 13.2 Å². The van der Waals surface area contributed by atoms with Crippen LogP contribution in [0.1, 0.15) is 29.5 Å². The Bertz CT molecular complexity index is 922. The van der Waals surface area contributed by atoms with E-state index in [-0.39, 0.29) is 36.2 Å².